The van der Waals surface area contributed by atoms with Crippen molar-refractivity contribution in [3.8, 4) is 5.75 Å². The largest absolute Gasteiger partial charge is 0.487 e. The number of benzene rings is 1. The normalized spacial score (nSPS) is 10.2. The maximum Gasteiger partial charge on any atom is 0.275 e. The van der Waals surface area contributed by atoms with Crippen LogP contribution in [0.15, 0.2) is 18.2 Å². The average Bonchev–Trinajstić information content (AvgIpc) is 2.25. The third-order valence-electron chi connectivity index (χ3n) is 1.64. The van der Waals surface area contributed by atoms with Crippen molar-refractivity contribution in [2.45, 2.75) is 6.43 Å². The van der Waals surface area contributed by atoms with Crippen molar-refractivity contribution < 1.29 is 18.4 Å². The van der Waals surface area contributed by atoms with Gasteiger partial charge in [-0.3, -0.25) is 16.0 Å². The maximum atomic E-state index is 11.9. The van der Waals surface area contributed by atoms with Gasteiger partial charge in [-0.05, 0) is 0 Å². The Morgan fingerprint density at radius 2 is 2.19 bits per heavy atom. The highest BCUT2D eigenvalue weighted by Crippen LogP contribution is 2.25. The summed E-state index contributed by atoms with van der Waals surface area (Å²) in [7, 11) is 0. The summed E-state index contributed by atoms with van der Waals surface area (Å²) in [4.78, 5) is 9.82. The number of halogens is 2. The Hall–Kier alpha value is -1.96. The van der Waals surface area contributed by atoms with Gasteiger partial charge in [-0.15, -0.1) is 0 Å². The molecule has 0 aliphatic rings. The van der Waals surface area contributed by atoms with Crippen LogP contribution >= 0.6 is 0 Å². The standard InChI is InChI=1S/C8H9F2N3O3/c9-8(10)4-16-7-2-5(12-11)1-6(3-7)13(14)15/h1-3,8,12H,4,11H2. The number of anilines is 1. The van der Waals surface area contributed by atoms with Gasteiger partial charge in [-0.1, -0.05) is 0 Å². The summed E-state index contributed by atoms with van der Waals surface area (Å²) in [6.45, 7) is -0.828. The summed E-state index contributed by atoms with van der Waals surface area (Å²) >= 11 is 0. The molecule has 0 bridgehead atoms. The summed E-state index contributed by atoms with van der Waals surface area (Å²) in [5, 5.41) is 10.5. The van der Waals surface area contributed by atoms with Gasteiger partial charge < -0.3 is 10.2 Å². The molecule has 0 aromatic heterocycles. The van der Waals surface area contributed by atoms with Crippen molar-refractivity contribution in [1.82, 2.24) is 0 Å². The molecule has 1 aromatic rings. The van der Waals surface area contributed by atoms with Gasteiger partial charge >= 0.3 is 0 Å². The van der Waals surface area contributed by atoms with E-state index in [1.54, 1.807) is 0 Å². The lowest BCUT2D eigenvalue weighted by Crippen LogP contribution is -2.09. The minimum Gasteiger partial charge on any atom is -0.487 e. The van der Waals surface area contributed by atoms with Crippen LogP contribution in [0.5, 0.6) is 5.75 Å². The van der Waals surface area contributed by atoms with E-state index in [-0.39, 0.29) is 17.1 Å². The molecule has 0 saturated carbocycles. The third-order valence-corrected chi connectivity index (χ3v) is 1.64. The molecule has 1 rings (SSSR count). The lowest BCUT2D eigenvalue weighted by Gasteiger charge is -2.07. The Morgan fingerprint density at radius 1 is 1.50 bits per heavy atom. The molecule has 3 N–H and O–H groups in total. The van der Waals surface area contributed by atoms with Gasteiger partial charge in [0.15, 0.2) is 0 Å². The molecule has 1 aromatic carbocycles. The van der Waals surface area contributed by atoms with Crippen molar-refractivity contribution in [2.75, 3.05) is 12.0 Å². The fourth-order valence-electron chi connectivity index (χ4n) is 1.01. The van der Waals surface area contributed by atoms with Crippen LogP contribution in [-0.4, -0.2) is 18.0 Å². The first kappa shape index (κ1) is 12.1. The highest BCUT2D eigenvalue weighted by atomic mass is 19.3. The number of nitro benzene ring substituents is 1. The van der Waals surface area contributed by atoms with E-state index in [1.807, 2.05) is 0 Å². The lowest BCUT2D eigenvalue weighted by atomic mass is 10.2. The van der Waals surface area contributed by atoms with Crippen LogP contribution in [0.1, 0.15) is 0 Å². The minimum absolute atomic E-state index is 0.0394. The summed E-state index contributed by atoms with van der Waals surface area (Å²) in [5.41, 5.74) is 2.09. The van der Waals surface area contributed by atoms with E-state index >= 15 is 0 Å². The lowest BCUT2D eigenvalue weighted by molar-refractivity contribution is -0.384. The van der Waals surface area contributed by atoms with Crippen LogP contribution in [0.4, 0.5) is 20.2 Å². The SMILES string of the molecule is NNc1cc(OCC(F)F)cc([N+](=O)[O-])c1. The second-order valence-electron chi connectivity index (χ2n) is 2.82. The molecule has 16 heavy (non-hydrogen) atoms. The van der Waals surface area contributed by atoms with Crippen LogP contribution in [0.25, 0.3) is 0 Å². The highest BCUT2D eigenvalue weighted by Gasteiger charge is 2.11. The molecule has 0 aliphatic heterocycles. The molecular weight excluding hydrogens is 224 g/mol. The number of hydrogen-bond acceptors (Lipinski definition) is 5. The Morgan fingerprint density at radius 3 is 2.69 bits per heavy atom. The van der Waals surface area contributed by atoms with E-state index in [2.05, 4.69) is 10.2 Å². The predicted molar refractivity (Wildman–Crippen MR) is 52.4 cm³/mol. The van der Waals surface area contributed by atoms with Crippen molar-refractivity contribution in [3.05, 3.63) is 28.3 Å². The number of nitrogens with zero attached hydrogens (tertiary/aromatic N) is 1. The van der Waals surface area contributed by atoms with Gasteiger partial charge in [0.1, 0.15) is 12.4 Å². The first-order valence-corrected chi connectivity index (χ1v) is 4.20. The van der Waals surface area contributed by atoms with Crippen LogP contribution in [0.2, 0.25) is 0 Å². The fourth-order valence-corrected chi connectivity index (χ4v) is 1.01. The third kappa shape index (κ3) is 3.31. The zero-order chi connectivity index (χ0) is 12.1. The van der Waals surface area contributed by atoms with Crippen molar-refractivity contribution >= 4 is 11.4 Å². The van der Waals surface area contributed by atoms with Crippen molar-refractivity contribution in [3.63, 3.8) is 0 Å². The van der Waals surface area contributed by atoms with Gasteiger partial charge in [0.05, 0.1) is 16.7 Å². The van der Waals surface area contributed by atoms with Crippen LogP contribution in [0.3, 0.4) is 0 Å². The first-order valence-electron chi connectivity index (χ1n) is 4.20. The molecular formula is C8H9F2N3O3. The second-order valence-corrected chi connectivity index (χ2v) is 2.82. The van der Waals surface area contributed by atoms with Gasteiger partial charge in [-0.25, -0.2) is 8.78 Å². The molecule has 0 unspecified atom stereocenters. The molecule has 6 nitrogen and oxygen atoms in total. The van der Waals surface area contributed by atoms with Crippen LogP contribution in [0, 0.1) is 10.1 Å². The van der Waals surface area contributed by atoms with E-state index in [0.717, 1.165) is 12.1 Å². The first-order chi connectivity index (χ1) is 7.52. The van der Waals surface area contributed by atoms with E-state index in [0.29, 0.717) is 0 Å². The molecule has 0 saturated heterocycles. The zero-order valence-electron chi connectivity index (χ0n) is 8.02. The number of ether oxygens (including phenoxy) is 1. The number of nitrogens with two attached hydrogens (primary N) is 1. The summed E-state index contributed by atoms with van der Waals surface area (Å²) in [5.74, 6) is 5.03. The fraction of sp³-hybridized carbons (Fsp3) is 0.250. The van der Waals surface area contributed by atoms with Crippen LogP contribution < -0.4 is 16.0 Å². The number of rotatable bonds is 5. The molecule has 88 valence electrons. The summed E-state index contributed by atoms with van der Waals surface area (Å²) in [6, 6.07) is 3.49. The summed E-state index contributed by atoms with van der Waals surface area (Å²) in [6.07, 6.45) is -2.64. The number of nitrogen functional groups attached to an aromatic ring is 1. The number of hydrogen-bond donors (Lipinski definition) is 2. The molecule has 0 atom stereocenters. The van der Waals surface area contributed by atoms with E-state index in [1.165, 1.54) is 6.07 Å². The minimum atomic E-state index is -2.64. The number of non-ortho nitro benzene ring substituents is 1. The summed E-state index contributed by atoms with van der Waals surface area (Å²) < 4.78 is 28.4. The molecule has 0 heterocycles. The number of nitrogens with one attached hydrogen (secondary N) is 1. The quantitative estimate of drug-likeness (QED) is 0.457. The Balaban J connectivity index is 2.90. The number of nitro groups is 1. The van der Waals surface area contributed by atoms with Gasteiger partial charge in [0, 0.05) is 12.1 Å². The van der Waals surface area contributed by atoms with Crippen molar-refractivity contribution in [1.29, 1.82) is 0 Å². The smallest absolute Gasteiger partial charge is 0.275 e. The van der Waals surface area contributed by atoms with Gasteiger partial charge in [0.2, 0.25) is 0 Å². The van der Waals surface area contributed by atoms with E-state index in [4.69, 9.17) is 5.84 Å². The van der Waals surface area contributed by atoms with Gasteiger partial charge in [0.25, 0.3) is 12.1 Å². The Labute approximate surface area is 89.1 Å². The topological polar surface area (TPSA) is 90.4 Å². The second kappa shape index (κ2) is 5.21. The Kier molecular flexibility index (Phi) is 3.95. The van der Waals surface area contributed by atoms with E-state index in [9.17, 15) is 18.9 Å². The maximum absolute atomic E-state index is 11.9. The molecule has 0 radical (unpaired) electrons. The van der Waals surface area contributed by atoms with Crippen molar-refractivity contribution in [2.24, 2.45) is 5.84 Å². The van der Waals surface area contributed by atoms with Gasteiger partial charge in [-0.2, -0.15) is 0 Å². The number of hydrazine groups is 1. The highest BCUT2D eigenvalue weighted by molar-refractivity contribution is 5.55. The molecule has 0 aliphatic carbocycles. The van der Waals surface area contributed by atoms with E-state index < -0.39 is 18.0 Å². The Bertz CT molecular complexity index is 387. The predicted octanol–water partition coefficient (Wildman–Crippen LogP) is 1.52. The zero-order valence-corrected chi connectivity index (χ0v) is 8.02. The molecule has 0 amide bonds. The molecule has 8 heteroatoms. The number of alkyl halides is 2. The average molecular weight is 233 g/mol. The molecule has 0 spiro atoms. The van der Waals surface area contributed by atoms with Crippen LogP contribution in [-0.2, 0) is 0 Å². The monoisotopic (exact) mass is 233 g/mol. The molecule has 0 fully saturated rings.